The van der Waals surface area contributed by atoms with E-state index in [4.69, 9.17) is 9.15 Å². The largest absolute Gasteiger partial charge is 0.434 e. The molecule has 2 bridgehead atoms. The van der Waals surface area contributed by atoms with Crippen LogP contribution in [0.5, 0.6) is 5.95 Å². The van der Waals surface area contributed by atoms with Crippen molar-refractivity contribution in [3.05, 3.63) is 18.4 Å². The molecule has 1 aromatic heterocycles. The number of carbonyl (C=O) groups excluding carboxylic acids is 1. The number of hydrogen-bond acceptors (Lipinski definition) is 4. The smallest absolute Gasteiger partial charge is 0.322 e. The lowest BCUT2D eigenvalue weighted by Crippen LogP contribution is -2.40. The van der Waals surface area contributed by atoms with Gasteiger partial charge in [0, 0.05) is 6.07 Å². The van der Waals surface area contributed by atoms with Crippen LogP contribution in [0, 0.1) is 11.3 Å². The highest BCUT2D eigenvalue weighted by Gasteiger charge is 2.57. The molecule has 2 aliphatic rings. The average molecular weight is 222 g/mol. The molecule has 2 aliphatic carbocycles. The summed E-state index contributed by atoms with van der Waals surface area (Å²) in [6, 6.07) is 3.27. The van der Waals surface area contributed by atoms with Gasteiger partial charge in [-0.2, -0.15) is 0 Å². The Hall–Kier alpha value is -1.29. The van der Waals surface area contributed by atoms with Gasteiger partial charge in [-0.15, -0.1) is 0 Å². The molecule has 2 fully saturated rings. The third-order valence-corrected chi connectivity index (χ3v) is 3.94. The molecule has 0 amide bonds. The van der Waals surface area contributed by atoms with Gasteiger partial charge in [-0.1, -0.05) is 0 Å². The highest BCUT2D eigenvalue weighted by atomic mass is 16.6. The number of aliphatic hydroxyl groups is 1. The van der Waals surface area contributed by atoms with Gasteiger partial charge in [0.05, 0.1) is 17.8 Å². The fourth-order valence-electron chi connectivity index (χ4n) is 3.06. The molecule has 0 spiro atoms. The summed E-state index contributed by atoms with van der Waals surface area (Å²) < 4.78 is 10.1. The number of esters is 1. The van der Waals surface area contributed by atoms with E-state index >= 15 is 0 Å². The molecule has 0 saturated heterocycles. The van der Waals surface area contributed by atoms with Crippen LogP contribution in [0.4, 0.5) is 0 Å². The number of carbonyl (C=O) groups is 1. The number of fused-ring (bicyclic) bond motifs is 2. The Morgan fingerprint density at radius 2 is 2.50 bits per heavy atom. The van der Waals surface area contributed by atoms with E-state index in [1.165, 1.54) is 6.26 Å². The molecule has 0 aliphatic heterocycles. The van der Waals surface area contributed by atoms with E-state index in [-0.39, 0.29) is 11.9 Å². The number of hydrogen-bond donors (Lipinski definition) is 1. The first-order chi connectivity index (χ1) is 7.71. The number of ether oxygens (including phenoxy) is 1. The molecule has 86 valence electrons. The first-order valence-corrected chi connectivity index (χ1v) is 5.64. The molecule has 1 heterocycles. The quantitative estimate of drug-likeness (QED) is 0.774. The maximum Gasteiger partial charge on any atom is 0.322 e. The van der Waals surface area contributed by atoms with Crippen LogP contribution in [0.1, 0.15) is 25.7 Å². The van der Waals surface area contributed by atoms with Gasteiger partial charge >= 0.3 is 5.97 Å². The zero-order valence-corrected chi connectivity index (χ0v) is 8.89. The fraction of sp³-hybridized carbons (Fsp3) is 0.583. The van der Waals surface area contributed by atoms with Gasteiger partial charge < -0.3 is 14.3 Å². The van der Waals surface area contributed by atoms with Crippen molar-refractivity contribution in [1.82, 2.24) is 0 Å². The highest BCUT2D eigenvalue weighted by molar-refractivity contribution is 5.80. The molecule has 4 nitrogen and oxygen atoms in total. The van der Waals surface area contributed by atoms with Crippen LogP contribution >= 0.6 is 0 Å². The molecule has 3 rings (SSSR count). The first kappa shape index (κ1) is 9.90. The Balaban J connectivity index is 1.79. The minimum absolute atomic E-state index is 0.210. The molecular formula is C12H14O4. The van der Waals surface area contributed by atoms with E-state index in [0.717, 1.165) is 25.7 Å². The maximum absolute atomic E-state index is 12.1. The van der Waals surface area contributed by atoms with Gasteiger partial charge in [-0.3, -0.25) is 4.79 Å². The number of aliphatic hydroxyl groups excluding tert-OH is 1. The number of rotatable bonds is 2. The minimum atomic E-state index is -0.669. The molecule has 1 N–H and O–H groups in total. The van der Waals surface area contributed by atoms with Crippen LogP contribution < -0.4 is 4.74 Å². The second-order valence-corrected chi connectivity index (χ2v) is 4.84. The Morgan fingerprint density at radius 1 is 1.62 bits per heavy atom. The predicted octanol–water partition coefficient (Wildman–Crippen LogP) is 1.74. The van der Waals surface area contributed by atoms with Crippen molar-refractivity contribution in [1.29, 1.82) is 0 Å². The summed E-state index contributed by atoms with van der Waals surface area (Å²) in [7, 11) is 0. The van der Waals surface area contributed by atoms with Crippen LogP contribution in [0.15, 0.2) is 22.8 Å². The molecule has 0 aromatic carbocycles. The average Bonchev–Trinajstić information content (AvgIpc) is 2.91. The van der Waals surface area contributed by atoms with Gasteiger partial charge in [0.1, 0.15) is 0 Å². The lowest BCUT2D eigenvalue weighted by Gasteiger charge is -2.28. The molecule has 16 heavy (non-hydrogen) atoms. The minimum Gasteiger partial charge on any atom is -0.434 e. The summed E-state index contributed by atoms with van der Waals surface area (Å²) in [5.41, 5.74) is -0.669. The van der Waals surface area contributed by atoms with Crippen molar-refractivity contribution >= 4 is 5.97 Å². The standard InChI is InChI=1S/C12H14O4/c13-9-6-8-3-4-12(9,7-8)11(14)16-10-2-1-5-15-10/h1-2,5,8-9,13H,3-4,6-7H2. The Labute approximate surface area is 93.2 Å². The molecule has 2 saturated carbocycles. The number of furan rings is 1. The molecule has 1 aromatic rings. The van der Waals surface area contributed by atoms with Gasteiger partial charge in [-0.05, 0) is 37.7 Å². The monoisotopic (exact) mass is 222 g/mol. The Kier molecular flexibility index (Phi) is 2.07. The van der Waals surface area contributed by atoms with Crippen LogP contribution in [-0.2, 0) is 4.79 Å². The van der Waals surface area contributed by atoms with Crippen molar-refractivity contribution in [2.75, 3.05) is 0 Å². The van der Waals surface area contributed by atoms with Gasteiger partial charge in [0.2, 0.25) is 0 Å². The zero-order valence-electron chi connectivity index (χ0n) is 8.89. The Bertz CT molecular complexity index is 397. The third kappa shape index (κ3) is 1.29. The second-order valence-electron chi connectivity index (χ2n) is 4.84. The van der Waals surface area contributed by atoms with Crippen molar-refractivity contribution in [2.45, 2.75) is 31.8 Å². The van der Waals surface area contributed by atoms with E-state index in [1.54, 1.807) is 12.1 Å². The molecule has 3 unspecified atom stereocenters. The van der Waals surface area contributed by atoms with Crippen LogP contribution in [0.3, 0.4) is 0 Å². The van der Waals surface area contributed by atoms with E-state index in [0.29, 0.717) is 5.92 Å². The lowest BCUT2D eigenvalue weighted by atomic mass is 9.82. The molecule has 3 atom stereocenters. The van der Waals surface area contributed by atoms with Gasteiger partial charge in [-0.25, -0.2) is 0 Å². The molecule has 0 radical (unpaired) electrons. The van der Waals surface area contributed by atoms with E-state index < -0.39 is 11.5 Å². The van der Waals surface area contributed by atoms with E-state index in [2.05, 4.69) is 0 Å². The van der Waals surface area contributed by atoms with Crippen molar-refractivity contribution in [3.8, 4) is 5.95 Å². The van der Waals surface area contributed by atoms with E-state index in [1.807, 2.05) is 0 Å². The summed E-state index contributed by atoms with van der Waals surface area (Å²) in [6.45, 7) is 0. The summed E-state index contributed by atoms with van der Waals surface area (Å²) in [4.78, 5) is 12.1. The van der Waals surface area contributed by atoms with Crippen molar-refractivity contribution in [2.24, 2.45) is 11.3 Å². The van der Waals surface area contributed by atoms with Crippen LogP contribution in [0.25, 0.3) is 0 Å². The summed E-state index contributed by atoms with van der Waals surface area (Å²) in [5.74, 6) is 0.357. The topological polar surface area (TPSA) is 59.7 Å². The van der Waals surface area contributed by atoms with E-state index in [9.17, 15) is 9.90 Å². The fourth-order valence-corrected chi connectivity index (χ4v) is 3.06. The Morgan fingerprint density at radius 3 is 3.06 bits per heavy atom. The highest BCUT2D eigenvalue weighted by Crippen LogP contribution is 2.54. The second kappa shape index (κ2) is 3.35. The summed E-state index contributed by atoms with van der Waals surface area (Å²) in [6.07, 6.45) is 4.15. The van der Waals surface area contributed by atoms with Crippen LogP contribution in [0.2, 0.25) is 0 Å². The van der Waals surface area contributed by atoms with Gasteiger partial charge in [0.25, 0.3) is 5.95 Å². The molecule has 4 heteroatoms. The van der Waals surface area contributed by atoms with Crippen molar-refractivity contribution < 1.29 is 19.1 Å². The summed E-state index contributed by atoms with van der Waals surface area (Å²) >= 11 is 0. The first-order valence-electron chi connectivity index (χ1n) is 5.64. The lowest BCUT2D eigenvalue weighted by molar-refractivity contribution is -0.152. The summed E-state index contributed by atoms with van der Waals surface area (Å²) in [5, 5.41) is 9.94. The molecular weight excluding hydrogens is 208 g/mol. The van der Waals surface area contributed by atoms with Crippen molar-refractivity contribution in [3.63, 3.8) is 0 Å². The maximum atomic E-state index is 12.1. The predicted molar refractivity (Wildman–Crippen MR) is 54.7 cm³/mol. The normalized spacial score (nSPS) is 36.6. The van der Waals surface area contributed by atoms with Crippen LogP contribution in [-0.4, -0.2) is 17.2 Å². The van der Waals surface area contributed by atoms with Gasteiger partial charge in [0.15, 0.2) is 0 Å². The SMILES string of the molecule is O=C(Oc1ccco1)C12CCC(CC1O)C2. The third-order valence-electron chi connectivity index (χ3n) is 3.94. The zero-order chi connectivity index (χ0) is 11.2.